The quantitative estimate of drug-likeness (QED) is 0.633. The fourth-order valence-corrected chi connectivity index (χ4v) is 3.29. The zero-order valence-electron chi connectivity index (χ0n) is 15.6. The van der Waals surface area contributed by atoms with Crippen LogP contribution in [-0.2, 0) is 12.8 Å². The van der Waals surface area contributed by atoms with E-state index in [9.17, 15) is 5.11 Å². The largest absolute Gasteiger partial charge is 0.497 e. The van der Waals surface area contributed by atoms with Crippen molar-refractivity contribution in [3.05, 3.63) is 63.6 Å². The van der Waals surface area contributed by atoms with Gasteiger partial charge in [-0.2, -0.15) is 0 Å². The first-order valence-corrected chi connectivity index (χ1v) is 9.55. The van der Waals surface area contributed by atoms with Crippen LogP contribution in [0, 0.1) is 0 Å². The highest BCUT2D eigenvalue weighted by Crippen LogP contribution is 2.26. The van der Waals surface area contributed by atoms with Gasteiger partial charge < -0.3 is 15.2 Å². The molecule has 2 N–H and O–H groups in total. The minimum Gasteiger partial charge on any atom is -0.497 e. The highest BCUT2D eigenvalue weighted by atomic mass is 35.5. The molecule has 1 unspecified atom stereocenters. The number of benzene rings is 2. The van der Waals surface area contributed by atoms with E-state index in [0.29, 0.717) is 29.4 Å². The van der Waals surface area contributed by atoms with Crippen molar-refractivity contribution in [3.63, 3.8) is 0 Å². The van der Waals surface area contributed by atoms with Crippen molar-refractivity contribution in [1.29, 1.82) is 0 Å². The van der Waals surface area contributed by atoms with Gasteiger partial charge in [-0.15, -0.1) is 0 Å². The third-order valence-corrected chi connectivity index (χ3v) is 5.26. The zero-order chi connectivity index (χ0) is 19.2. The third kappa shape index (κ3) is 6.48. The molecule has 0 saturated heterocycles. The number of methoxy groups -OCH3 is 1. The summed E-state index contributed by atoms with van der Waals surface area (Å²) in [5.74, 6) is 0.856. The minimum absolute atomic E-state index is 0.122. The van der Waals surface area contributed by atoms with Gasteiger partial charge in [-0.25, -0.2) is 0 Å². The van der Waals surface area contributed by atoms with E-state index in [0.717, 1.165) is 17.7 Å². The Morgan fingerprint density at radius 1 is 1.12 bits per heavy atom. The molecule has 0 radical (unpaired) electrons. The predicted octanol–water partition coefficient (Wildman–Crippen LogP) is 4.91. The number of hydrogen-bond donors (Lipinski definition) is 2. The molecule has 0 heterocycles. The lowest BCUT2D eigenvalue weighted by molar-refractivity contribution is 0.149. The second-order valence-electron chi connectivity index (χ2n) is 7.20. The Balaban J connectivity index is 1.81. The Hall–Kier alpha value is -1.26. The Kier molecular flexibility index (Phi) is 7.78. The summed E-state index contributed by atoms with van der Waals surface area (Å²) in [5.41, 5.74) is 2.07. The van der Waals surface area contributed by atoms with Crippen LogP contribution in [-0.4, -0.2) is 30.4 Å². The lowest BCUT2D eigenvalue weighted by Gasteiger charge is -2.28. The predicted molar refractivity (Wildman–Crippen MR) is 110 cm³/mol. The number of ether oxygens (including phenoxy) is 1. The monoisotopic (exact) mass is 395 g/mol. The number of aliphatic hydroxyl groups excluding tert-OH is 1. The summed E-state index contributed by atoms with van der Waals surface area (Å²) < 4.78 is 5.19. The highest BCUT2D eigenvalue weighted by Gasteiger charge is 2.19. The van der Waals surface area contributed by atoms with Crippen molar-refractivity contribution >= 4 is 23.2 Å². The molecule has 0 aliphatic heterocycles. The lowest BCUT2D eigenvalue weighted by Crippen LogP contribution is -2.45. The number of halogens is 2. The van der Waals surface area contributed by atoms with Gasteiger partial charge in [0.25, 0.3) is 0 Å². The average molecular weight is 396 g/mol. The standard InChI is InChI=1S/C21H27Cl2NO2/c1-21(2,13-15-7-11-18(26-3)12-8-15)24-14-17(25)10-9-16-5-4-6-19(22)20(16)23/h4-8,11-12,17,24-25H,9-10,13-14H2,1-3H3. The van der Waals surface area contributed by atoms with Crippen LogP contribution < -0.4 is 10.1 Å². The molecule has 0 aromatic heterocycles. The number of aryl methyl sites for hydroxylation is 1. The van der Waals surface area contributed by atoms with Crippen LogP contribution in [0.3, 0.4) is 0 Å². The maximum absolute atomic E-state index is 10.3. The molecule has 0 aliphatic rings. The van der Waals surface area contributed by atoms with Crippen LogP contribution in [0.5, 0.6) is 5.75 Å². The molecule has 0 saturated carbocycles. The van der Waals surface area contributed by atoms with Crippen LogP contribution in [0.2, 0.25) is 10.0 Å². The van der Waals surface area contributed by atoms with Crippen LogP contribution in [0.15, 0.2) is 42.5 Å². The third-order valence-electron chi connectivity index (χ3n) is 4.40. The molecule has 2 aromatic carbocycles. The summed E-state index contributed by atoms with van der Waals surface area (Å²) in [7, 11) is 1.67. The average Bonchev–Trinajstić information content (AvgIpc) is 2.61. The number of rotatable bonds is 9. The van der Waals surface area contributed by atoms with Crippen molar-refractivity contribution in [1.82, 2.24) is 5.32 Å². The van der Waals surface area contributed by atoms with Gasteiger partial charge >= 0.3 is 0 Å². The van der Waals surface area contributed by atoms with E-state index in [1.807, 2.05) is 24.3 Å². The van der Waals surface area contributed by atoms with Crippen LogP contribution in [0.1, 0.15) is 31.4 Å². The summed E-state index contributed by atoms with van der Waals surface area (Å²) in [6.45, 7) is 4.80. The van der Waals surface area contributed by atoms with Gasteiger partial charge in [0.05, 0.1) is 23.3 Å². The Bertz CT molecular complexity index is 702. The Morgan fingerprint density at radius 3 is 2.46 bits per heavy atom. The van der Waals surface area contributed by atoms with E-state index < -0.39 is 6.10 Å². The number of hydrogen-bond acceptors (Lipinski definition) is 3. The summed E-state index contributed by atoms with van der Waals surface area (Å²) in [6, 6.07) is 13.7. The SMILES string of the molecule is COc1ccc(CC(C)(C)NCC(O)CCc2cccc(Cl)c2Cl)cc1. The molecule has 2 rings (SSSR count). The Morgan fingerprint density at radius 2 is 1.81 bits per heavy atom. The van der Waals surface area contributed by atoms with E-state index in [4.69, 9.17) is 27.9 Å². The fourth-order valence-electron chi connectivity index (χ4n) is 2.88. The van der Waals surface area contributed by atoms with E-state index in [2.05, 4.69) is 31.3 Å². The molecule has 26 heavy (non-hydrogen) atoms. The van der Waals surface area contributed by atoms with Crippen molar-refractivity contribution in [2.24, 2.45) is 0 Å². The summed E-state index contributed by atoms with van der Waals surface area (Å²) >= 11 is 12.2. The summed E-state index contributed by atoms with van der Waals surface area (Å²) in [6.07, 6.45) is 1.75. The number of aliphatic hydroxyl groups is 1. The summed E-state index contributed by atoms with van der Waals surface area (Å²) in [5, 5.41) is 14.9. The van der Waals surface area contributed by atoms with Gasteiger partial charge in [-0.05, 0) is 62.4 Å². The van der Waals surface area contributed by atoms with Crippen molar-refractivity contribution in [3.8, 4) is 5.75 Å². The van der Waals surface area contributed by atoms with Gasteiger partial charge in [-0.1, -0.05) is 47.5 Å². The maximum Gasteiger partial charge on any atom is 0.118 e. The molecule has 0 aliphatic carbocycles. The molecule has 142 valence electrons. The van der Waals surface area contributed by atoms with Gasteiger partial charge in [0.1, 0.15) is 5.75 Å². The van der Waals surface area contributed by atoms with Gasteiger partial charge in [-0.3, -0.25) is 0 Å². The van der Waals surface area contributed by atoms with Crippen molar-refractivity contribution < 1.29 is 9.84 Å². The smallest absolute Gasteiger partial charge is 0.118 e. The lowest BCUT2D eigenvalue weighted by atomic mass is 9.94. The first kappa shape index (κ1) is 21.0. The fraction of sp³-hybridized carbons (Fsp3) is 0.429. The molecule has 2 aromatic rings. The first-order valence-electron chi connectivity index (χ1n) is 8.79. The Labute approximate surface area is 166 Å². The van der Waals surface area contributed by atoms with E-state index >= 15 is 0 Å². The number of β-amino-alcohol motifs (C(OH)–C–C–N with tert-alkyl or cyclic N) is 1. The highest BCUT2D eigenvalue weighted by molar-refractivity contribution is 6.42. The molecular formula is C21H27Cl2NO2. The summed E-state index contributed by atoms with van der Waals surface area (Å²) in [4.78, 5) is 0. The van der Waals surface area contributed by atoms with Crippen LogP contribution in [0.25, 0.3) is 0 Å². The van der Waals surface area contributed by atoms with E-state index in [1.54, 1.807) is 13.2 Å². The molecule has 0 spiro atoms. The van der Waals surface area contributed by atoms with E-state index in [-0.39, 0.29) is 5.54 Å². The van der Waals surface area contributed by atoms with Crippen molar-refractivity contribution in [2.45, 2.75) is 44.8 Å². The topological polar surface area (TPSA) is 41.5 Å². The molecule has 3 nitrogen and oxygen atoms in total. The minimum atomic E-state index is -0.444. The molecule has 0 amide bonds. The number of nitrogens with one attached hydrogen (secondary N) is 1. The van der Waals surface area contributed by atoms with Gasteiger partial charge in [0, 0.05) is 12.1 Å². The van der Waals surface area contributed by atoms with Crippen molar-refractivity contribution in [2.75, 3.05) is 13.7 Å². The van der Waals surface area contributed by atoms with E-state index in [1.165, 1.54) is 5.56 Å². The second-order valence-corrected chi connectivity index (χ2v) is 7.98. The van der Waals surface area contributed by atoms with Crippen LogP contribution >= 0.6 is 23.2 Å². The van der Waals surface area contributed by atoms with Gasteiger partial charge in [0.15, 0.2) is 0 Å². The maximum atomic E-state index is 10.3. The second kappa shape index (κ2) is 9.61. The molecule has 0 bridgehead atoms. The molecular weight excluding hydrogens is 369 g/mol. The van der Waals surface area contributed by atoms with Gasteiger partial charge in [0.2, 0.25) is 0 Å². The molecule has 0 fully saturated rings. The normalized spacial score (nSPS) is 12.8. The molecule has 1 atom stereocenters. The molecule has 5 heteroatoms. The first-order chi connectivity index (χ1) is 12.3. The van der Waals surface area contributed by atoms with Crippen LogP contribution in [0.4, 0.5) is 0 Å². The zero-order valence-corrected chi connectivity index (χ0v) is 17.1.